The fraction of sp³-hybridized carbons (Fsp3) is 0.846. The van der Waals surface area contributed by atoms with Gasteiger partial charge in [-0.05, 0) is 40.5 Å². The van der Waals surface area contributed by atoms with Crippen LogP contribution < -0.4 is 0 Å². The number of ketones is 1. The monoisotopic (exact) mass is 275 g/mol. The van der Waals surface area contributed by atoms with Gasteiger partial charge in [-0.25, -0.2) is 13.6 Å². The molecule has 108 valence electrons. The fourth-order valence-corrected chi connectivity index (χ4v) is 2.89. The molecule has 0 aromatic carbocycles. The highest BCUT2D eigenvalue weighted by Gasteiger charge is 2.63. The van der Waals surface area contributed by atoms with E-state index >= 15 is 0 Å². The number of carbonyl (C=O) groups excluding carboxylic acids is 2. The van der Waals surface area contributed by atoms with Gasteiger partial charge in [0.15, 0.2) is 12.3 Å². The smallest absolute Gasteiger partial charge is 0.411 e. The van der Waals surface area contributed by atoms with Crippen molar-refractivity contribution in [2.24, 2.45) is 0 Å². The molecule has 0 N–H and O–H groups in total. The summed E-state index contributed by atoms with van der Waals surface area (Å²) in [4.78, 5) is 24.7. The van der Waals surface area contributed by atoms with Gasteiger partial charge in [0.05, 0.1) is 11.6 Å². The maximum atomic E-state index is 14.1. The van der Waals surface area contributed by atoms with Crippen molar-refractivity contribution in [3.63, 3.8) is 0 Å². The second-order valence-electron chi connectivity index (χ2n) is 6.48. The summed E-state index contributed by atoms with van der Waals surface area (Å²) in [5.74, 6) is -1.05. The van der Waals surface area contributed by atoms with Crippen LogP contribution in [0.25, 0.3) is 0 Å². The minimum atomic E-state index is -1.99. The largest absolute Gasteiger partial charge is 0.444 e. The number of ether oxygens (including phenoxy) is 1. The van der Waals surface area contributed by atoms with Crippen molar-refractivity contribution in [3.8, 4) is 0 Å². The summed E-state index contributed by atoms with van der Waals surface area (Å²) in [6, 6.07) is -0.903. The van der Waals surface area contributed by atoms with Crippen molar-refractivity contribution < 1.29 is 23.1 Å². The third kappa shape index (κ3) is 2.11. The molecular weight excluding hydrogens is 256 g/mol. The van der Waals surface area contributed by atoms with Crippen LogP contribution in [0, 0.1) is 0 Å². The molecule has 1 amide bonds. The second-order valence-corrected chi connectivity index (χ2v) is 6.48. The summed E-state index contributed by atoms with van der Waals surface area (Å²) in [6.07, 6.45) is -4.16. The van der Waals surface area contributed by atoms with Gasteiger partial charge in [-0.3, -0.25) is 9.69 Å². The zero-order chi connectivity index (χ0) is 14.6. The number of carbonyl (C=O) groups is 2. The Morgan fingerprint density at radius 1 is 1.42 bits per heavy atom. The average Bonchev–Trinajstić information content (AvgIpc) is 2.59. The van der Waals surface area contributed by atoms with Crippen LogP contribution in [-0.2, 0) is 9.53 Å². The molecule has 2 fully saturated rings. The summed E-state index contributed by atoms with van der Waals surface area (Å²) in [7, 11) is 0. The van der Waals surface area contributed by atoms with Crippen molar-refractivity contribution >= 4 is 11.9 Å². The van der Waals surface area contributed by atoms with E-state index in [2.05, 4.69) is 0 Å². The Morgan fingerprint density at radius 2 is 2.00 bits per heavy atom. The molecule has 2 heterocycles. The van der Waals surface area contributed by atoms with Gasteiger partial charge in [0.25, 0.3) is 0 Å². The van der Waals surface area contributed by atoms with Crippen LogP contribution in [0.1, 0.15) is 40.5 Å². The average molecular weight is 275 g/mol. The van der Waals surface area contributed by atoms with Gasteiger partial charge in [0.1, 0.15) is 5.60 Å². The van der Waals surface area contributed by atoms with E-state index in [-0.39, 0.29) is 12.8 Å². The number of rotatable bonds is 0. The van der Waals surface area contributed by atoms with Crippen LogP contribution >= 0.6 is 0 Å². The third-order valence-corrected chi connectivity index (χ3v) is 3.82. The highest BCUT2D eigenvalue weighted by Crippen LogP contribution is 2.45. The van der Waals surface area contributed by atoms with Crippen molar-refractivity contribution in [3.05, 3.63) is 0 Å². The number of fused-ring (bicyclic) bond motifs is 2. The number of hydrogen-bond donors (Lipinski definition) is 0. The number of Topliss-reactive ketones (excluding diaryl/α,β-unsaturated/α-hetero) is 1. The lowest BCUT2D eigenvalue weighted by atomic mass is 9.87. The molecule has 2 aliphatic rings. The van der Waals surface area contributed by atoms with E-state index < -0.39 is 41.4 Å². The standard InChI is InChI=1S/C13H19F2NO3/c1-12(2,3)19-11(18)16-7-5-6-13(16,4)10(15)9(17)8(7)14/h7-8,10H,5-6H2,1-4H3/t7-,8-,10-,13+/m0/s1. The molecule has 0 saturated carbocycles. The van der Waals surface area contributed by atoms with Crippen molar-refractivity contribution in [2.45, 2.75) is 70.1 Å². The summed E-state index contributed by atoms with van der Waals surface area (Å²) in [5.41, 5.74) is -2.03. The molecule has 2 saturated heterocycles. The molecule has 0 aromatic heterocycles. The molecule has 0 aliphatic carbocycles. The van der Waals surface area contributed by atoms with E-state index in [0.717, 1.165) is 4.90 Å². The summed E-state index contributed by atoms with van der Waals surface area (Å²) >= 11 is 0. The lowest BCUT2D eigenvalue weighted by Crippen LogP contribution is -2.65. The summed E-state index contributed by atoms with van der Waals surface area (Å²) in [6.45, 7) is 6.53. The van der Waals surface area contributed by atoms with Gasteiger partial charge >= 0.3 is 6.09 Å². The van der Waals surface area contributed by atoms with Crippen LogP contribution in [0.5, 0.6) is 0 Å². The number of amides is 1. The second kappa shape index (κ2) is 4.15. The predicted molar refractivity (Wildman–Crippen MR) is 64.3 cm³/mol. The SMILES string of the molecule is CC(C)(C)OC(=O)N1[C@H]2CC[C@]1(C)[C@@H](F)C(=O)[C@H]2F. The van der Waals surface area contributed by atoms with Gasteiger partial charge in [0, 0.05) is 0 Å². The maximum absolute atomic E-state index is 14.1. The fourth-order valence-electron chi connectivity index (χ4n) is 2.89. The Morgan fingerprint density at radius 3 is 2.53 bits per heavy atom. The van der Waals surface area contributed by atoms with Crippen LogP contribution in [0.4, 0.5) is 13.6 Å². The molecule has 2 bridgehead atoms. The van der Waals surface area contributed by atoms with Gasteiger partial charge in [-0.1, -0.05) is 0 Å². The number of halogens is 2. The Kier molecular flexibility index (Phi) is 3.10. The van der Waals surface area contributed by atoms with Crippen LogP contribution in [0.15, 0.2) is 0 Å². The number of piperidine rings is 1. The molecule has 0 unspecified atom stereocenters. The topological polar surface area (TPSA) is 46.6 Å². The van der Waals surface area contributed by atoms with Crippen LogP contribution in [0.3, 0.4) is 0 Å². The quantitative estimate of drug-likeness (QED) is 0.682. The molecule has 2 rings (SSSR count). The normalized spacial score (nSPS) is 38.5. The van der Waals surface area contributed by atoms with E-state index in [1.807, 2.05) is 0 Å². The first kappa shape index (κ1) is 14.2. The Hall–Kier alpha value is -1.20. The molecule has 19 heavy (non-hydrogen) atoms. The van der Waals surface area contributed by atoms with Crippen LogP contribution in [0.2, 0.25) is 0 Å². The van der Waals surface area contributed by atoms with Gasteiger partial charge in [-0.2, -0.15) is 0 Å². The minimum Gasteiger partial charge on any atom is -0.444 e. The van der Waals surface area contributed by atoms with Crippen LogP contribution in [-0.4, -0.2) is 46.3 Å². The van der Waals surface area contributed by atoms with E-state index in [1.165, 1.54) is 6.92 Å². The molecule has 4 atom stereocenters. The van der Waals surface area contributed by atoms with E-state index in [1.54, 1.807) is 20.8 Å². The Balaban J connectivity index is 2.31. The Bertz CT molecular complexity index is 421. The molecule has 6 heteroatoms. The molecular formula is C13H19F2NO3. The van der Waals surface area contributed by atoms with Crippen molar-refractivity contribution in [2.75, 3.05) is 0 Å². The zero-order valence-electron chi connectivity index (χ0n) is 11.6. The maximum Gasteiger partial charge on any atom is 0.411 e. The lowest BCUT2D eigenvalue weighted by molar-refractivity contribution is -0.143. The van der Waals surface area contributed by atoms with Crippen molar-refractivity contribution in [1.29, 1.82) is 0 Å². The highest BCUT2D eigenvalue weighted by molar-refractivity contribution is 5.92. The number of hydrogen-bond acceptors (Lipinski definition) is 3. The first-order valence-corrected chi connectivity index (χ1v) is 6.42. The lowest BCUT2D eigenvalue weighted by Gasteiger charge is -2.44. The molecule has 0 spiro atoms. The summed E-state index contributed by atoms with van der Waals surface area (Å²) in [5, 5.41) is 0. The van der Waals surface area contributed by atoms with E-state index in [0.29, 0.717) is 0 Å². The summed E-state index contributed by atoms with van der Waals surface area (Å²) < 4.78 is 33.2. The molecule has 2 aliphatic heterocycles. The van der Waals surface area contributed by atoms with E-state index in [4.69, 9.17) is 4.74 Å². The van der Waals surface area contributed by atoms with Gasteiger partial charge in [-0.15, -0.1) is 0 Å². The number of alkyl halides is 2. The first-order valence-electron chi connectivity index (χ1n) is 6.42. The van der Waals surface area contributed by atoms with Gasteiger partial charge in [0.2, 0.25) is 5.78 Å². The molecule has 0 aromatic rings. The molecule has 0 radical (unpaired) electrons. The highest BCUT2D eigenvalue weighted by atomic mass is 19.1. The number of nitrogens with zero attached hydrogens (tertiary/aromatic N) is 1. The predicted octanol–water partition coefficient (Wildman–Crippen LogP) is 2.40. The first-order chi connectivity index (χ1) is 8.58. The molecule has 4 nitrogen and oxygen atoms in total. The van der Waals surface area contributed by atoms with Gasteiger partial charge < -0.3 is 4.74 Å². The minimum absolute atomic E-state index is 0.268. The Labute approximate surface area is 111 Å². The van der Waals surface area contributed by atoms with Crippen molar-refractivity contribution in [1.82, 2.24) is 4.90 Å². The third-order valence-electron chi connectivity index (χ3n) is 3.82. The zero-order valence-corrected chi connectivity index (χ0v) is 11.6. The van der Waals surface area contributed by atoms with E-state index in [9.17, 15) is 18.4 Å².